The molecule has 0 bridgehead atoms. The Hall–Kier alpha value is -1.83. The summed E-state index contributed by atoms with van der Waals surface area (Å²) in [6, 6.07) is 5.64. The fourth-order valence-corrected chi connectivity index (χ4v) is 2.36. The van der Waals surface area contributed by atoms with E-state index in [1.54, 1.807) is 12.1 Å². The van der Waals surface area contributed by atoms with Gasteiger partial charge in [-0.2, -0.15) is 0 Å². The fraction of sp³-hybridized carbons (Fsp3) is 0.471. The summed E-state index contributed by atoms with van der Waals surface area (Å²) in [5, 5.41) is 11.8. The number of aryl methyl sites for hydroxylation is 1. The Labute approximate surface area is 125 Å². The zero-order chi connectivity index (χ0) is 15.2. The molecule has 4 nitrogen and oxygen atoms in total. The van der Waals surface area contributed by atoms with Gasteiger partial charge in [-0.05, 0) is 44.4 Å². The summed E-state index contributed by atoms with van der Waals surface area (Å²) in [5.41, 5.74) is 2.37. The van der Waals surface area contributed by atoms with Crippen LogP contribution in [-0.4, -0.2) is 36.4 Å². The third kappa shape index (κ3) is 4.07. The molecule has 1 aliphatic carbocycles. The standard InChI is InChI=1S/C17H21NO3/c1-3-21-16-10-15(11-16)18-17(20)14-7-6-12(2)13(9-14)5-4-8-19/h6-7,9,15-16,19H,3,8,10-11H2,1-2H3,(H,18,20). The molecule has 0 aliphatic heterocycles. The molecule has 0 heterocycles. The van der Waals surface area contributed by atoms with Crippen LogP contribution in [0.15, 0.2) is 18.2 Å². The van der Waals surface area contributed by atoms with Crippen LogP contribution in [0.2, 0.25) is 0 Å². The van der Waals surface area contributed by atoms with Gasteiger partial charge in [0.2, 0.25) is 0 Å². The first-order valence-corrected chi connectivity index (χ1v) is 7.27. The van der Waals surface area contributed by atoms with E-state index < -0.39 is 0 Å². The molecule has 1 fully saturated rings. The molecule has 1 amide bonds. The number of amides is 1. The first-order valence-electron chi connectivity index (χ1n) is 7.27. The van der Waals surface area contributed by atoms with Crippen LogP contribution in [0.4, 0.5) is 0 Å². The minimum absolute atomic E-state index is 0.0815. The van der Waals surface area contributed by atoms with E-state index >= 15 is 0 Å². The third-order valence-electron chi connectivity index (χ3n) is 3.63. The zero-order valence-electron chi connectivity index (χ0n) is 12.5. The molecule has 1 aromatic rings. The van der Waals surface area contributed by atoms with Crippen LogP contribution in [0.3, 0.4) is 0 Å². The summed E-state index contributed by atoms with van der Waals surface area (Å²) < 4.78 is 5.48. The summed E-state index contributed by atoms with van der Waals surface area (Å²) in [4.78, 5) is 12.2. The molecule has 0 unspecified atom stereocenters. The Balaban J connectivity index is 1.97. The van der Waals surface area contributed by atoms with Gasteiger partial charge in [0.1, 0.15) is 6.61 Å². The maximum absolute atomic E-state index is 12.2. The Morgan fingerprint density at radius 1 is 1.48 bits per heavy atom. The monoisotopic (exact) mass is 287 g/mol. The highest BCUT2D eigenvalue weighted by Crippen LogP contribution is 2.23. The number of ether oxygens (including phenoxy) is 1. The smallest absolute Gasteiger partial charge is 0.251 e. The lowest BCUT2D eigenvalue weighted by atomic mass is 9.89. The summed E-state index contributed by atoms with van der Waals surface area (Å²) in [6.07, 6.45) is 2.04. The molecule has 0 aromatic heterocycles. The van der Waals surface area contributed by atoms with Gasteiger partial charge in [0.05, 0.1) is 6.10 Å². The van der Waals surface area contributed by atoms with Gasteiger partial charge in [-0.3, -0.25) is 4.79 Å². The Morgan fingerprint density at radius 2 is 2.24 bits per heavy atom. The Bertz CT molecular complexity index is 565. The van der Waals surface area contributed by atoms with E-state index in [0.717, 1.165) is 30.6 Å². The summed E-state index contributed by atoms with van der Waals surface area (Å²) in [6.45, 7) is 4.45. The van der Waals surface area contributed by atoms with Crippen molar-refractivity contribution in [3.8, 4) is 11.8 Å². The average molecular weight is 287 g/mol. The van der Waals surface area contributed by atoms with E-state index in [-0.39, 0.29) is 24.7 Å². The van der Waals surface area contributed by atoms with E-state index in [4.69, 9.17) is 9.84 Å². The number of aliphatic hydroxyl groups excluding tert-OH is 1. The van der Waals surface area contributed by atoms with Crippen molar-refractivity contribution in [2.75, 3.05) is 13.2 Å². The van der Waals surface area contributed by atoms with Crippen molar-refractivity contribution in [1.82, 2.24) is 5.32 Å². The maximum Gasteiger partial charge on any atom is 0.251 e. The van der Waals surface area contributed by atoms with Crippen molar-refractivity contribution in [1.29, 1.82) is 0 Å². The van der Waals surface area contributed by atoms with Crippen LogP contribution < -0.4 is 5.32 Å². The van der Waals surface area contributed by atoms with Crippen LogP contribution in [0, 0.1) is 18.8 Å². The average Bonchev–Trinajstić information content (AvgIpc) is 2.44. The second kappa shape index (κ2) is 7.26. The topological polar surface area (TPSA) is 58.6 Å². The molecule has 1 saturated carbocycles. The van der Waals surface area contributed by atoms with Crippen molar-refractivity contribution in [3.63, 3.8) is 0 Å². The maximum atomic E-state index is 12.2. The normalized spacial score (nSPS) is 20.1. The summed E-state index contributed by atoms with van der Waals surface area (Å²) >= 11 is 0. The minimum Gasteiger partial charge on any atom is -0.384 e. The lowest BCUT2D eigenvalue weighted by Crippen LogP contribution is -2.47. The quantitative estimate of drug-likeness (QED) is 0.828. The van der Waals surface area contributed by atoms with Gasteiger partial charge in [-0.1, -0.05) is 17.9 Å². The molecule has 21 heavy (non-hydrogen) atoms. The molecule has 0 radical (unpaired) electrons. The van der Waals surface area contributed by atoms with Gasteiger partial charge in [-0.25, -0.2) is 0 Å². The van der Waals surface area contributed by atoms with Gasteiger partial charge in [0.25, 0.3) is 5.91 Å². The number of rotatable bonds is 4. The number of aliphatic hydroxyl groups is 1. The Kier molecular flexibility index (Phi) is 5.38. The van der Waals surface area contributed by atoms with Gasteiger partial charge >= 0.3 is 0 Å². The lowest BCUT2D eigenvalue weighted by Gasteiger charge is -2.35. The second-order valence-corrected chi connectivity index (χ2v) is 5.21. The molecule has 1 aliphatic rings. The highest BCUT2D eigenvalue weighted by molar-refractivity contribution is 5.95. The minimum atomic E-state index is -0.184. The van der Waals surface area contributed by atoms with Crippen LogP contribution in [0.1, 0.15) is 41.3 Å². The van der Waals surface area contributed by atoms with Gasteiger partial charge in [0, 0.05) is 23.8 Å². The first kappa shape index (κ1) is 15.6. The lowest BCUT2D eigenvalue weighted by molar-refractivity contribution is -0.00862. The Morgan fingerprint density at radius 3 is 2.90 bits per heavy atom. The number of nitrogens with one attached hydrogen (secondary N) is 1. The third-order valence-corrected chi connectivity index (χ3v) is 3.63. The molecule has 1 aromatic carbocycles. The van der Waals surface area contributed by atoms with Gasteiger partial charge in [0.15, 0.2) is 0 Å². The molecule has 0 spiro atoms. The number of carbonyl (C=O) groups excluding carboxylic acids is 1. The number of benzene rings is 1. The van der Waals surface area contributed by atoms with E-state index in [1.165, 1.54) is 0 Å². The molecule has 2 rings (SSSR count). The van der Waals surface area contributed by atoms with Crippen molar-refractivity contribution in [3.05, 3.63) is 34.9 Å². The molecule has 2 N–H and O–H groups in total. The predicted octanol–water partition coefficient (Wildman–Crippen LogP) is 1.64. The zero-order valence-corrected chi connectivity index (χ0v) is 12.5. The molecular weight excluding hydrogens is 266 g/mol. The number of hydrogen-bond acceptors (Lipinski definition) is 3. The highest BCUT2D eigenvalue weighted by atomic mass is 16.5. The summed E-state index contributed by atoms with van der Waals surface area (Å²) in [5.74, 6) is 5.39. The van der Waals surface area contributed by atoms with E-state index in [0.29, 0.717) is 5.56 Å². The van der Waals surface area contributed by atoms with Crippen LogP contribution >= 0.6 is 0 Å². The SMILES string of the molecule is CCOC1CC(NC(=O)c2ccc(C)c(C#CCO)c2)C1. The molecule has 4 heteroatoms. The van der Waals surface area contributed by atoms with E-state index in [9.17, 15) is 4.79 Å². The predicted molar refractivity (Wildman–Crippen MR) is 81.0 cm³/mol. The molecule has 0 atom stereocenters. The fourth-order valence-electron chi connectivity index (χ4n) is 2.36. The van der Waals surface area contributed by atoms with Crippen molar-refractivity contribution < 1.29 is 14.6 Å². The van der Waals surface area contributed by atoms with Crippen LogP contribution in [0.5, 0.6) is 0 Å². The van der Waals surface area contributed by atoms with Crippen LogP contribution in [0.25, 0.3) is 0 Å². The highest BCUT2D eigenvalue weighted by Gasteiger charge is 2.30. The van der Waals surface area contributed by atoms with E-state index in [2.05, 4.69) is 17.2 Å². The largest absolute Gasteiger partial charge is 0.384 e. The van der Waals surface area contributed by atoms with Crippen LogP contribution in [-0.2, 0) is 4.74 Å². The van der Waals surface area contributed by atoms with Crippen molar-refractivity contribution in [2.24, 2.45) is 0 Å². The molecule has 112 valence electrons. The van der Waals surface area contributed by atoms with E-state index in [1.807, 2.05) is 19.9 Å². The van der Waals surface area contributed by atoms with Gasteiger partial charge in [-0.15, -0.1) is 0 Å². The van der Waals surface area contributed by atoms with Crippen molar-refractivity contribution >= 4 is 5.91 Å². The number of carbonyl (C=O) groups is 1. The first-order chi connectivity index (χ1) is 10.1. The number of hydrogen-bond donors (Lipinski definition) is 2. The second-order valence-electron chi connectivity index (χ2n) is 5.21. The molecular formula is C17H21NO3. The van der Waals surface area contributed by atoms with Gasteiger partial charge < -0.3 is 15.2 Å². The van der Waals surface area contributed by atoms with Crippen molar-refractivity contribution in [2.45, 2.75) is 38.8 Å². The summed E-state index contributed by atoms with van der Waals surface area (Å²) in [7, 11) is 0. The molecule has 0 saturated heterocycles.